The predicted molar refractivity (Wildman–Crippen MR) is 157 cm³/mol. The molecule has 198 valence electrons. The van der Waals surface area contributed by atoms with Gasteiger partial charge in [0.15, 0.2) is 0 Å². The van der Waals surface area contributed by atoms with Crippen molar-refractivity contribution < 1.29 is 9.53 Å². The third-order valence-electron chi connectivity index (χ3n) is 7.82. The number of hydrogen-bond acceptors (Lipinski definition) is 4. The Morgan fingerprint density at radius 1 is 0.923 bits per heavy atom. The molecular formula is C34H35N3O2. The average Bonchev–Trinajstić information content (AvgIpc) is 3.00. The van der Waals surface area contributed by atoms with Gasteiger partial charge in [0, 0.05) is 17.5 Å². The summed E-state index contributed by atoms with van der Waals surface area (Å²) in [4.78, 5) is 15.1. The Kier molecular flexibility index (Phi) is 8.55. The first-order valence-electron chi connectivity index (χ1n) is 13.8. The van der Waals surface area contributed by atoms with Gasteiger partial charge >= 0.3 is 0 Å². The minimum absolute atomic E-state index is 0.0356. The summed E-state index contributed by atoms with van der Waals surface area (Å²) < 4.78 is 5.86. The molecule has 5 rings (SSSR count). The summed E-state index contributed by atoms with van der Waals surface area (Å²) in [6.07, 6.45) is 4.32. The first kappa shape index (κ1) is 26.5. The third kappa shape index (κ3) is 6.30. The normalized spacial score (nSPS) is 14.2. The van der Waals surface area contributed by atoms with E-state index in [2.05, 4.69) is 52.7 Å². The van der Waals surface area contributed by atoms with Gasteiger partial charge in [-0.25, -0.2) is 0 Å². The summed E-state index contributed by atoms with van der Waals surface area (Å²) in [6.45, 7) is 3.94. The van der Waals surface area contributed by atoms with Crippen LogP contribution in [0.2, 0.25) is 0 Å². The van der Waals surface area contributed by atoms with E-state index in [4.69, 9.17) is 10.00 Å². The molecule has 0 atom stereocenters. The Labute approximate surface area is 231 Å². The van der Waals surface area contributed by atoms with Gasteiger partial charge < -0.3 is 15.0 Å². The van der Waals surface area contributed by atoms with Gasteiger partial charge in [-0.2, -0.15) is 5.26 Å². The Morgan fingerprint density at radius 2 is 1.62 bits per heavy atom. The summed E-state index contributed by atoms with van der Waals surface area (Å²) in [7, 11) is 1.78. The lowest BCUT2D eigenvalue weighted by Crippen LogP contribution is -2.34. The number of carbonyl (C=O) groups excluding carboxylic acids is 1. The fourth-order valence-corrected chi connectivity index (χ4v) is 5.59. The van der Waals surface area contributed by atoms with E-state index in [1.165, 1.54) is 16.3 Å². The molecule has 1 saturated heterocycles. The van der Waals surface area contributed by atoms with Crippen molar-refractivity contribution in [1.29, 1.82) is 5.26 Å². The van der Waals surface area contributed by atoms with Crippen LogP contribution in [-0.4, -0.2) is 44.1 Å². The summed E-state index contributed by atoms with van der Waals surface area (Å²) in [6, 6.07) is 30.1. The van der Waals surface area contributed by atoms with Crippen LogP contribution in [0, 0.1) is 11.3 Å². The standard InChI is InChI=1S/C34H35N3O2/c1-39-33-31-7-3-2-6-28(31)16-17-32(33)29-18-22-37(23-19-29)21-5-4-20-36-34(38)30-14-12-27(13-15-30)26-10-8-25(24-35)9-11-26/h2-3,6-17,29H,4-5,18-23H2,1H3,(H,36,38). The number of nitrogens with zero attached hydrogens (tertiary/aromatic N) is 2. The summed E-state index contributed by atoms with van der Waals surface area (Å²) in [5, 5.41) is 14.4. The van der Waals surface area contributed by atoms with Crippen LogP contribution >= 0.6 is 0 Å². The zero-order valence-electron chi connectivity index (χ0n) is 22.5. The largest absolute Gasteiger partial charge is 0.496 e. The number of nitriles is 1. The molecule has 5 heteroatoms. The van der Waals surface area contributed by atoms with Crippen molar-refractivity contribution in [3.8, 4) is 22.9 Å². The van der Waals surface area contributed by atoms with E-state index in [0.29, 0.717) is 23.6 Å². The number of carbonyl (C=O) groups is 1. The van der Waals surface area contributed by atoms with E-state index in [1.807, 2.05) is 36.4 Å². The van der Waals surface area contributed by atoms with Gasteiger partial charge in [-0.3, -0.25) is 4.79 Å². The molecule has 1 aliphatic rings. The zero-order valence-corrected chi connectivity index (χ0v) is 22.5. The number of rotatable bonds is 9. The second-order valence-electron chi connectivity index (χ2n) is 10.3. The number of fused-ring (bicyclic) bond motifs is 1. The quantitative estimate of drug-likeness (QED) is 0.249. The molecule has 4 aromatic carbocycles. The van der Waals surface area contributed by atoms with Crippen molar-refractivity contribution in [3.05, 3.63) is 102 Å². The molecule has 1 heterocycles. The van der Waals surface area contributed by atoms with Gasteiger partial charge in [-0.1, -0.05) is 60.7 Å². The second kappa shape index (κ2) is 12.6. The Bertz CT molecular complexity index is 1450. The fraction of sp³-hybridized carbons (Fsp3) is 0.294. The van der Waals surface area contributed by atoms with Gasteiger partial charge in [-0.05, 0) is 97.6 Å². The number of amides is 1. The summed E-state index contributed by atoms with van der Waals surface area (Å²) >= 11 is 0. The monoisotopic (exact) mass is 517 g/mol. The highest BCUT2D eigenvalue weighted by molar-refractivity contribution is 5.94. The summed E-state index contributed by atoms with van der Waals surface area (Å²) in [5.41, 5.74) is 4.70. The lowest BCUT2D eigenvalue weighted by atomic mass is 9.87. The molecule has 0 spiro atoms. The van der Waals surface area contributed by atoms with Crippen molar-refractivity contribution >= 4 is 16.7 Å². The van der Waals surface area contributed by atoms with Crippen molar-refractivity contribution in [1.82, 2.24) is 10.2 Å². The molecule has 0 bridgehead atoms. The van der Waals surface area contributed by atoms with E-state index in [0.717, 1.165) is 62.2 Å². The van der Waals surface area contributed by atoms with Crippen LogP contribution in [-0.2, 0) is 0 Å². The third-order valence-corrected chi connectivity index (χ3v) is 7.82. The molecule has 4 aromatic rings. The van der Waals surface area contributed by atoms with E-state index >= 15 is 0 Å². The van der Waals surface area contributed by atoms with E-state index in [-0.39, 0.29) is 5.91 Å². The molecule has 39 heavy (non-hydrogen) atoms. The number of benzene rings is 4. The van der Waals surface area contributed by atoms with E-state index in [9.17, 15) is 4.79 Å². The van der Waals surface area contributed by atoms with Crippen LogP contribution in [0.5, 0.6) is 5.75 Å². The van der Waals surface area contributed by atoms with Crippen LogP contribution in [0.15, 0.2) is 84.9 Å². The Balaban J connectivity index is 1.03. The molecule has 1 amide bonds. The number of hydrogen-bond donors (Lipinski definition) is 1. The van der Waals surface area contributed by atoms with Crippen LogP contribution < -0.4 is 10.1 Å². The average molecular weight is 518 g/mol. The van der Waals surface area contributed by atoms with Crippen molar-refractivity contribution in [2.24, 2.45) is 0 Å². The minimum Gasteiger partial charge on any atom is -0.496 e. The molecule has 0 saturated carbocycles. The highest BCUT2D eigenvalue weighted by Gasteiger charge is 2.23. The molecule has 1 fully saturated rings. The van der Waals surface area contributed by atoms with Gasteiger partial charge in [-0.15, -0.1) is 0 Å². The lowest BCUT2D eigenvalue weighted by molar-refractivity contribution is 0.0952. The number of unbranched alkanes of at least 4 members (excludes halogenated alkanes) is 1. The first-order chi connectivity index (χ1) is 19.2. The number of nitrogens with one attached hydrogen (secondary N) is 1. The van der Waals surface area contributed by atoms with Crippen molar-refractivity contribution in [2.75, 3.05) is 33.3 Å². The second-order valence-corrected chi connectivity index (χ2v) is 10.3. The fourth-order valence-electron chi connectivity index (χ4n) is 5.59. The van der Waals surface area contributed by atoms with E-state index in [1.54, 1.807) is 19.2 Å². The molecule has 1 aliphatic heterocycles. The predicted octanol–water partition coefficient (Wildman–Crippen LogP) is 6.78. The van der Waals surface area contributed by atoms with Crippen LogP contribution in [0.3, 0.4) is 0 Å². The molecule has 0 radical (unpaired) electrons. The maximum Gasteiger partial charge on any atom is 0.251 e. The topological polar surface area (TPSA) is 65.4 Å². The van der Waals surface area contributed by atoms with Gasteiger partial charge in [0.05, 0.1) is 18.7 Å². The number of methoxy groups -OCH3 is 1. The van der Waals surface area contributed by atoms with Crippen LogP contribution in [0.4, 0.5) is 0 Å². The SMILES string of the molecule is COc1c(C2CCN(CCCCNC(=O)c3ccc(-c4ccc(C#N)cc4)cc3)CC2)ccc2ccccc12. The highest BCUT2D eigenvalue weighted by Crippen LogP contribution is 2.38. The van der Waals surface area contributed by atoms with Gasteiger partial charge in [0.1, 0.15) is 5.75 Å². The van der Waals surface area contributed by atoms with Crippen molar-refractivity contribution in [2.45, 2.75) is 31.6 Å². The summed E-state index contributed by atoms with van der Waals surface area (Å²) in [5.74, 6) is 1.53. The van der Waals surface area contributed by atoms with Crippen molar-refractivity contribution in [3.63, 3.8) is 0 Å². The van der Waals surface area contributed by atoms with Gasteiger partial charge in [0.25, 0.3) is 5.91 Å². The maximum absolute atomic E-state index is 12.6. The van der Waals surface area contributed by atoms with Gasteiger partial charge in [0.2, 0.25) is 0 Å². The Hall–Kier alpha value is -4.14. The molecule has 5 nitrogen and oxygen atoms in total. The molecular weight excluding hydrogens is 482 g/mol. The molecule has 0 aromatic heterocycles. The maximum atomic E-state index is 12.6. The molecule has 1 N–H and O–H groups in total. The first-order valence-corrected chi connectivity index (χ1v) is 13.8. The molecule has 0 aliphatic carbocycles. The lowest BCUT2D eigenvalue weighted by Gasteiger charge is -2.33. The number of likely N-dealkylation sites (tertiary alicyclic amines) is 1. The Morgan fingerprint density at radius 3 is 2.31 bits per heavy atom. The molecule has 0 unspecified atom stereocenters. The minimum atomic E-state index is -0.0356. The zero-order chi connectivity index (χ0) is 27.0. The number of piperidine rings is 1. The van der Waals surface area contributed by atoms with Crippen LogP contribution in [0.25, 0.3) is 21.9 Å². The number of ether oxygens (including phenoxy) is 1. The smallest absolute Gasteiger partial charge is 0.251 e. The van der Waals surface area contributed by atoms with Crippen LogP contribution in [0.1, 0.15) is 53.1 Å². The van der Waals surface area contributed by atoms with E-state index < -0.39 is 0 Å². The highest BCUT2D eigenvalue weighted by atomic mass is 16.5.